The maximum absolute atomic E-state index is 4.90. The van der Waals surface area contributed by atoms with Gasteiger partial charge in [0.15, 0.2) is 0 Å². The Morgan fingerprint density at radius 1 is 1.25 bits per heavy atom. The summed E-state index contributed by atoms with van der Waals surface area (Å²) in [5.41, 5.74) is 5.07. The molecule has 1 aromatic carbocycles. The van der Waals surface area contributed by atoms with Crippen molar-refractivity contribution in [3.63, 3.8) is 0 Å². The number of rotatable bonds is 3. The summed E-state index contributed by atoms with van der Waals surface area (Å²) < 4.78 is 0. The Morgan fingerprint density at radius 2 is 2.10 bits per heavy atom. The van der Waals surface area contributed by atoms with Crippen LogP contribution in [0.15, 0.2) is 46.1 Å². The average molecular weight is 284 g/mol. The minimum absolute atomic E-state index is 0.518. The minimum atomic E-state index is 0.518. The van der Waals surface area contributed by atoms with E-state index in [1.807, 2.05) is 0 Å². The van der Waals surface area contributed by atoms with Gasteiger partial charge in [0.1, 0.15) is 0 Å². The number of hydrogen-bond donors (Lipinski definition) is 0. The Labute approximate surface area is 124 Å². The molecule has 2 heterocycles. The highest BCUT2D eigenvalue weighted by molar-refractivity contribution is 7.07. The van der Waals surface area contributed by atoms with Crippen molar-refractivity contribution < 1.29 is 0 Å². The van der Waals surface area contributed by atoms with E-state index in [9.17, 15) is 0 Å². The van der Waals surface area contributed by atoms with E-state index in [1.54, 1.807) is 11.3 Å². The van der Waals surface area contributed by atoms with Crippen LogP contribution in [0.25, 0.3) is 0 Å². The van der Waals surface area contributed by atoms with Crippen molar-refractivity contribution >= 4 is 28.4 Å². The number of para-hydroxylation sites is 2. The zero-order valence-corrected chi connectivity index (χ0v) is 12.9. The molecule has 0 spiro atoms. The molecule has 20 heavy (non-hydrogen) atoms. The van der Waals surface area contributed by atoms with E-state index in [4.69, 9.17) is 4.99 Å². The summed E-state index contributed by atoms with van der Waals surface area (Å²) >= 11 is 1.76. The summed E-state index contributed by atoms with van der Waals surface area (Å²) in [6.45, 7) is 6.48. The summed E-state index contributed by atoms with van der Waals surface area (Å²) in [4.78, 5) is 7.35. The van der Waals surface area contributed by atoms with Crippen LogP contribution in [0, 0.1) is 5.92 Å². The lowest BCUT2D eigenvalue weighted by molar-refractivity contribution is 0.785. The molecule has 0 unspecified atom stereocenters. The molecule has 0 aliphatic carbocycles. The lowest BCUT2D eigenvalue weighted by atomic mass is 10.1. The van der Waals surface area contributed by atoms with Gasteiger partial charge in [0.25, 0.3) is 0 Å². The van der Waals surface area contributed by atoms with E-state index in [0.717, 1.165) is 25.2 Å². The molecule has 0 saturated heterocycles. The van der Waals surface area contributed by atoms with E-state index >= 15 is 0 Å². The van der Waals surface area contributed by atoms with Gasteiger partial charge in [0.05, 0.1) is 11.4 Å². The first kappa shape index (κ1) is 13.4. The van der Waals surface area contributed by atoms with Crippen LogP contribution in [-0.2, 0) is 6.54 Å². The van der Waals surface area contributed by atoms with Crippen LogP contribution in [-0.4, -0.2) is 12.3 Å². The fourth-order valence-corrected chi connectivity index (χ4v) is 3.25. The standard InChI is InChI=1S/C17H20N2S/c1-13(2)15-7-9-19(11-14-8-10-20-12-14)17-6-4-3-5-16(17)18-15/h3-6,8,10,12-13H,7,9,11H2,1-2H3. The van der Waals surface area contributed by atoms with E-state index < -0.39 is 0 Å². The first-order chi connectivity index (χ1) is 9.74. The van der Waals surface area contributed by atoms with Crippen molar-refractivity contribution in [1.29, 1.82) is 0 Å². The van der Waals surface area contributed by atoms with Gasteiger partial charge in [-0.2, -0.15) is 11.3 Å². The van der Waals surface area contributed by atoms with Crippen LogP contribution in [0.2, 0.25) is 0 Å². The van der Waals surface area contributed by atoms with Gasteiger partial charge < -0.3 is 4.90 Å². The number of benzene rings is 1. The van der Waals surface area contributed by atoms with Crippen molar-refractivity contribution in [2.24, 2.45) is 10.9 Å². The molecule has 0 amide bonds. The molecule has 104 valence electrons. The van der Waals surface area contributed by atoms with E-state index in [1.165, 1.54) is 17.0 Å². The maximum atomic E-state index is 4.90. The van der Waals surface area contributed by atoms with E-state index in [-0.39, 0.29) is 0 Å². The fraction of sp³-hybridized carbons (Fsp3) is 0.353. The first-order valence-electron chi connectivity index (χ1n) is 7.16. The van der Waals surface area contributed by atoms with E-state index in [2.05, 4.69) is 59.8 Å². The highest BCUT2D eigenvalue weighted by Crippen LogP contribution is 2.33. The molecule has 2 nitrogen and oxygen atoms in total. The number of fused-ring (bicyclic) bond motifs is 1. The van der Waals surface area contributed by atoms with Crippen LogP contribution in [0.4, 0.5) is 11.4 Å². The maximum Gasteiger partial charge on any atom is 0.0862 e. The van der Waals surface area contributed by atoms with Crippen molar-refractivity contribution in [2.45, 2.75) is 26.8 Å². The molecule has 0 fully saturated rings. The van der Waals surface area contributed by atoms with Gasteiger partial charge in [-0.05, 0) is 40.4 Å². The third kappa shape index (κ3) is 2.78. The normalized spacial score (nSPS) is 14.9. The molecule has 0 N–H and O–H groups in total. The molecule has 2 aromatic rings. The lowest BCUT2D eigenvalue weighted by Crippen LogP contribution is -2.25. The smallest absolute Gasteiger partial charge is 0.0862 e. The number of thiophene rings is 1. The third-order valence-electron chi connectivity index (χ3n) is 3.74. The van der Waals surface area contributed by atoms with Crippen LogP contribution >= 0.6 is 11.3 Å². The van der Waals surface area contributed by atoms with Gasteiger partial charge in [0, 0.05) is 25.2 Å². The van der Waals surface area contributed by atoms with Crippen molar-refractivity contribution in [2.75, 3.05) is 11.4 Å². The van der Waals surface area contributed by atoms with Gasteiger partial charge in [-0.3, -0.25) is 4.99 Å². The van der Waals surface area contributed by atoms with Crippen molar-refractivity contribution in [1.82, 2.24) is 0 Å². The summed E-state index contributed by atoms with van der Waals surface area (Å²) in [6, 6.07) is 10.7. The van der Waals surface area contributed by atoms with Gasteiger partial charge in [-0.1, -0.05) is 26.0 Å². The average Bonchev–Trinajstić information content (AvgIpc) is 2.87. The summed E-state index contributed by atoms with van der Waals surface area (Å²) in [5.74, 6) is 0.518. The second-order valence-electron chi connectivity index (χ2n) is 5.55. The van der Waals surface area contributed by atoms with Crippen LogP contribution in [0.1, 0.15) is 25.8 Å². The van der Waals surface area contributed by atoms with Crippen LogP contribution < -0.4 is 4.90 Å². The lowest BCUT2D eigenvalue weighted by Gasteiger charge is -2.24. The minimum Gasteiger partial charge on any atom is -0.365 e. The molecule has 1 aliphatic heterocycles. The predicted octanol–water partition coefficient (Wildman–Crippen LogP) is 4.89. The number of aliphatic imine (C=N–C) groups is 1. The van der Waals surface area contributed by atoms with Crippen LogP contribution in [0.3, 0.4) is 0 Å². The summed E-state index contributed by atoms with van der Waals surface area (Å²) in [7, 11) is 0. The quantitative estimate of drug-likeness (QED) is 0.783. The zero-order valence-electron chi connectivity index (χ0n) is 12.0. The number of anilines is 1. The summed E-state index contributed by atoms with van der Waals surface area (Å²) in [6.07, 6.45) is 1.05. The zero-order chi connectivity index (χ0) is 13.9. The molecular weight excluding hydrogens is 264 g/mol. The summed E-state index contributed by atoms with van der Waals surface area (Å²) in [5, 5.41) is 4.38. The van der Waals surface area contributed by atoms with Gasteiger partial charge in [-0.25, -0.2) is 0 Å². The Balaban J connectivity index is 1.93. The van der Waals surface area contributed by atoms with Crippen molar-refractivity contribution in [3.8, 4) is 0 Å². The Morgan fingerprint density at radius 3 is 2.85 bits per heavy atom. The Hall–Kier alpha value is -1.61. The third-order valence-corrected chi connectivity index (χ3v) is 4.48. The van der Waals surface area contributed by atoms with Gasteiger partial charge in [-0.15, -0.1) is 0 Å². The molecule has 0 atom stereocenters. The largest absolute Gasteiger partial charge is 0.365 e. The van der Waals surface area contributed by atoms with Crippen molar-refractivity contribution in [3.05, 3.63) is 46.7 Å². The topological polar surface area (TPSA) is 15.6 Å². The highest BCUT2D eigenvalue weighted by Gasteiger charge is 2.18. The molecule has 1 aromatic heterocycles. The fourth-order valence-electron chi connectivity index (χ4n) is 2.59. The molecule has 3 rings (SSSR count). The molecular formula is C17H20N2S. The monoisotopic (exact) mass is 284 g/mol. The molecule has 0 radical (unpaired) electrons. The van der Waals surface area contributed by atoms with Crippen LogP contribution in [0.5, 0.6) is 0 Å². The molecule has 1 aliphatic rings. The number of nitrogens with zero attached hydrogens (tertiary/aromatic N) is 2. The predicted molar refractivity (Wildman–Crippen MR) is 88.4 cm³/mol. The second-order valence-corrected chi connectivity index (χ2v) is 6.33. The molecule has 0 saturated carbocycles. The van der Waals surface area contributed by atoms with Gasteiger partial charge >= 0.3 is 0 Å². The Kier molecular flexibility index (Phi) is 3.88. The first-order valence-corrected chi connectivity index (χ1v) is 8.11. The SMILES string of the molecule is CC(C)C1=Nc2ccccc2N(Cc2ccsc2)CC1. The second kappa shape index (κ2) is 5.80. The van der Waals surface area contributed by atoms with E-state index in [0.29, 0.717) is 5.92 Å². The molecule has 3 heteroatoms. The highest BCUT2D eigenvalue weighted by atomic mass is 32.1. The Bertz CT molecular complexity index is 599. The molecule has 0 bridgehead atoms. The van der Waals surface area contributed by atoms with Gasteiger partial charge in [0.2, 0.25) is 0 Å². The number of hydrogen-bond acceptors (Lipinski definition) is 3.